The summed E-state index contributed by atoms with van der Waals surface area (Å²) in [5, 5.41) is 4.92. The molecule has 58 heavy (non-hydrogen) atoms. The first kappa shape index (κ1) is 33.7. The molecule has 0 aliphatic heterocycles. The molecule has 0 unspecified atom stereocenters. The molecule has 0 amide bonds. The predicted molar refractivity (Wildman–Crippen MR) is 233 cm³/mol. The molecule has 0 saturated heterocycles. The lowest BCUT2D eigenvalue weighted by molar-refractivity contribution is 0.534. The topological polar surface area (TPSA) is 90.5 Å². The Morgan fingerprint density at radius 3 is 1.91 bits per heavy atom. The van der Waals surface area contributed by atoms with Crippen molar-refractivity contribution < 1.29 is 13.3 Å². The van der Waals surface area contributed by atoms with E-state index in [1.807, 2.05) is 122 Å². The fourth-order valence-corrected chi connectivity index (χ4v) is 8.08. The van der Waals surface area contributed by atoms with Crippen molar-refractivity contribution in [1.29, 1.82) is 0 Å². The van der Waals surface area contributed by atoms with Crippen LogP contribution in [0.15, 0.2) is 182 Å². The lowest BCUT2D eigenvalue weighted by atomic mass is 9.94. The number of aliphatic imine (C=N–C) groups is 1. The summed E-state index contributed by atoms with van der Waals surface area (Å²) in [6.07, 6.45) is 0. The van der Waals surface area contributed by atoms with Gasteiger partial charge in [-0.2, -0.15) is 0 Å². The summed E-state index contributed by atoms with van der Waals surface area (Å²) in [4.78, 5) is 20.6. The molecule has 0 aliphatic rings. The van der Waals surface area contributed by atoms with Crippen LogP contribution in [0.25, 0.3) is 89.0 Å². The second-order valence-corrected chi connectivity index (χ2v) is 14.6. The first-order valence-corrected chi connectivity index (χ1v) is 19.4. The van der Waals surface area contributed by atoms with E-state index in [9.17, 15) is 0 Å². The highest BCUT2D eigenvalue weighted by molar-refractivity contribution is 6.13. The minimum atomic E-state index is -0.131. The van der Waals surface area contributed by atoms with Crippen LogP contribution in [-0.2, 0) is 0 Å². The van der Waals surface area contributed by atoms with Crippen molar-refractivity contribution in [1.82, 2.24) is 15.0 Å². The van der Waals surface area contributed by atoms with E-state index in [4.69, 9.17) is 33.2 Å². The molecular weight excluding hydrogens is 717 g/mol. The molecule has 0 fully saturated rings. The number of fused-ring (bicyclic) bond motifs is 7. The predicted octanol–water partition coefficient (Wildman–Crippen LogP) is 13.7. The van der Waals surface area contributed by atoms with Gasteiger partial charge in [-0.25, -0.2) is 19.9 Å². The van der Waals surface area contributed by atoms with Crippen LogP contribution in [0.3, 0.4) is 0 Å². The van der Waals surface area contributed by atoms with Crippen molar-refractivity contribution in [2.75, 3.05) is 0 Å². The van der Waals surface area contributed by atoms with Gasteiger partial charge in [0, 0.05) is 49.7 Å². The van der Waals surface area contributed by atoms with Crippen molar-refractivity contribution in [3.05, 3.63) is 181 Å². The molecule has 0 saturated carbocycles. The van der Waals surface area contributed by atoms with Crippen molar-refractivity contribution in [2.45, 2.75) is 19.8 Å². The van der Waals surface area contributed by atoms with Crippen LogP contribution in [0.1, 0.15) is 36.7 Å². The minimum Gasteiger partial charge on any atom is -0.458 e. The summed E-state index contributed by atoms with van der Waals surface area (Å²) < 4.78 is 19.6. The van der Waals surface area contributed by atoms with Gasteiger partial charge in [0.15, 0.2) is 17.5 Å². The number of rotatable bonds is 7. The van der Waals surface area contributed by atoms with Crippen LogP contribution in [0.5, 0.6) is 0 Å². The van der Waals surface area contributed by atoms with Crippen LogP contribution in [0.2, 0.25) is 0 Å². The van der Waals surface area contributed by atoms with Gasteiger partial charge in [0.05, 0.1) is 5.56 Å². The molecule has 11 rings (SSSR count). The molecule has 1 atom stereocenters. The van der Waals surface area contributed by atoms with Gasteiger partial charge in [-0.05, 0) is 60.5 Å². The third kappa shape index (κ3) is 5.59. The Bertz CT molecular complexity index is 3380. The molecule has 7 heteroatoms. The zero-order chi connectivity index (χ0) is 38.7. The van der Waals surface area contributed by atoms with E-state index in [1.54, 1.807) is 0 Å². The maximum Gasteiger partial charge on any atom is 0.167 e. The molecule has 276 valence electrons. The monoisotopic (exact) mass is 750 g/mol. The molecule has 4 heterocycles. The van der Waals surface area contributed by atoms with E-state index in [-0.39, 0.29) is 5.92 Å². The van der Waals surface area contributed by atoms with Crippen molar-refractivity contribution >= 4 is 66.2 Å². The Morgan fingerprint density at radius 1 is 0.500 bits per heavy atom. The van der Waals surface area contributed by atoms with Crippen molar-refractivity contribution in [2.24, 2.45) is 4.99 Å². The van der Waals surface area contributed by atoms with E-state index in [0.717, 1.165) is 99.8 Å². The number of aromatic nitrogens is 3. The summed E-state index contributed by atoms with van der Waals surface area (Å²) in [6, 6.07) is 55.0. The van der Waals surface area contributed by atoms with E-state index in [0.29, 0.717) is 17.5 Å². The standard InChI is InChI=1S/C51H34N4O3/c1-30(47-46(37-20-10-12-25-42(37)57-47)52-31(2)32-15-5-3-6-16-32)34-27-28-43-40(29-34)45-38(22-14-26-44(45)56-43)50-53-49(33-17-7-4-8-18-33)54-51(55-50)39-23-13-21-36-35-19-9-11-24-41(35)58-48(36)39/h3-30H,1-2H3/t30-/m1/s1. The normalized spacial score (nSPS) is 12.7. The van der Waals surface area contributed by atoms with E-state index < -0.39 is 0 Å². The summed E-state index contributed by atoms with van der Waals surface area (Å²) >= 11 is 0. The van der Waals surface area contributed by atoms with E-state index in [1.165, 1.54) is 0 Å². The van der Waals surface area contributed by atoms with Crippen LogP contribution in [0, 0.1) is 0 Å². The van der Waals surface area contributed by atoms with Crippen molar-refractivity contribution in [3.63, 3.8) is 0 Å². The third-order valence-corrected chi connectivity index (χ3v) is 11.0. The number of benzene rings is 7. The summed E-state index contributed by atoms with van der Waals surface area (Å²) in [7, 11) is 0. The van der Waals surface area contributed by atoms with Gasteiger partial charge in [0.1, 0.15) is 39.4 Å². The number of hydrogen-bond acceptors (Lipinski definition) is 7. The summed E-state index contributed by atoms with van der Waals surface area (Å²) in [6.45, 7) is 4.21. The molecule has 0 bridgehead atoms. The van der Waals surface area contributed by atoms with Gasteiger partial charge < -0.3 is 13.3 Å². The Labute approximate surface area is 333 Å². The van der Waals surface area contributed by atoms with Gasteiger partial charge in [-0.3, -0.25) is 0 Å². The van der Waals surface area contributed by atoms with Gasteiger partial charge in [-0.15, -0.1) is 0 Å². The van der Waals surface area contributed by atoms with Gasteiger partial charge in [0.25, 0.3) is 0 Å². The maximum absolute atomic E-state index is 6.62. The van der Waals surface area contributed by atoms with Crippen LogP contribution in [-0.4, -0.2) is 20.7 Å². The third-order valence-electron chi connectivity index (χ3n) is 11.0. The highest BCUT2D eigenvalue weighted by Gasteiger charge is 2.24. The number of hydrogen-bond donors (Lipinski definition) is 0. The Morgan fingerprint density at radius 2 is 1.10 bits per heavy atom. The van der Waals surface area contributed by atoms with Gasteiger partial charge in [-0.1, -0.05) is 128 Å². The fourth-order valence-electron chi connectivity index (χ4n) is 8.08. The summed E-state index contributed by atoms with van der Waals surface area (Å²) in [5.74, 6) is 2.30. The first-order valence-electron chi connectivity index (χ1n) is 19.4. The maximum atomic E-state index is 6.62. The SMILES string of the molecule is CC(=Nc1c([C@H](C)c2ccc3oc4cccc(-c5nc(-c6ccccc6)nc(-c6cccc7c6oc6ccccc67)n5)c4c3c2)oc2ccccc12)c1ccccc1. The lowest BCUT2D eigenvalue weighted by Crippen LogP contribution is -2.00. The van der Waals surface area contributed by atoms with Crippen LogP contribution < -0.4 is 0 Å². The Balaban J connectivity index is 1.08. The van der Waals surface area contributed by atoms with Crippen LogP contribution in [0.4, 0.5) is 5.69 Å². The van der Waals surface area contributed by atoms with Crippen LogP contribution >= 0.6 is 0 Å². The molecule has 4 aromatic heterocycles. The Hall–Kier alpha value is -7.64. The second-order valence-electron chi connectivity index (χ2n) is 14.6. The highest BCUT2D eigenvalue weighted by Crippen LogP contribution is 2.43. The largest absolute Gasteiger partial charge is 0.458 e. The molecule has 7 aromatic carbocycles. The van der Waals surface area contributed by atoms with Crippen molar-refractivity contribution in [3.8, 4) is 34.2 Å². The van der Waals surface area contributed by atoms with E-state index in [2.05, 4.69) is 55.5 Å². The fraction of sp³-hybridized carbons (Fsp3) is 0.0588. The number of para-hydroxylation sites is 3. The molecule has 11 aromatic rings. The molecule has 0 spiro atoms. The average molecular weight is 751 g/mol. The number of furan rings is 3. The zero-order valence-electron chi connectivity index (χ0n) is 31.7. The zero-order valence-corrected chi connectivity index (χ0v) is 31.7. The molecule has 7 nitrogen and oxygen atoms in total. The molecule has 0 radical (unpaired) electrons. The second kappa shape index (κ2) is 13.5. The number of nitrogens with zero attached hydrogens (tertiary/aromatic N) is 4. The molecule has 0 N–H and O–H groups in total. The summed E-state index contributed by atoms with van der Waals surface area (Å²) in [5.41, 5.74) is 10.3. The quantitative estimate of drug-likeness (QED) is 0.151. The first-order chi connectivity index (χ1) is 28.6. The van der Waals surface area contributed by atoms with Gasteiger partial charge in [0.2, 0.25) is 0 Å². The van der Waals surface area contributed by atoms with Gasteiger partial charge >= 0.3 is 0 Å². The average Bonchev–Trinajstić information content (AvgIpc) is 3.98. The molecular formula is C51H34N4O3. The molecule has 0 aliphatic carbocycles. The lowest BCUT2D eigenvalue weighted by Gasteiger charge is -2.12. The van der Waals surface area contributed by atoms with E-state index >= 15 is 0 Å². The Kier molecular flexibility index (Phi) is 7.86. The highest BCUT2D eigenvalue weighted by atomic mass is 16.3. The minimum absolute atomic E-state index is 0.131. The smallest absolute Gasteiger partial charge is 0.167 e.